The molecule has 3 atom stereocenters. The van der Waals surface area contributed by atoms with Gasteiger partial charge in [0.2, 0.25) is 0 Å². The van der Waals surface area contributed by atoms with Crippen molar-refractivity contribution in [1.82, 2.24) is 34.6 Å². The van der Waals surface area contributed by atoms with Gasteiger partial charge in [-0.15, -0.1) is 10.2 Å². The Hall–Kier alpha value is -4.90. The first-order valence-electron chi connectivity index (χ1n) is 15.9. The number of hydrogen-bond donors (Lipinski definition) is 3. The van der Waals surface area contributed by atoms with Crippen LogP contribution in [0.5, 0.6) is 11.5 Å². The summed E-state index contributed by atoms with van der Waals surface area (Å²) in [6.45, 7) is 7.29. The Balaban J connectivity index is 1.09. The summed E-state index contributed by atoms with van der Waals surface area (Å²) in [5.41, 5.74) is 4.25. The van der Waals surface area contributed by atoms with Crippen LogP contribution in [0.3, 0.4) is 0 Å². The highest BCUT2D eigenvalue weighted by atomic mass is 16.5. The van der Waals surface area contributed by atoms with Crippen LogP contribution >= 0.6 is 0 Å². The van der Waals surface area contributed by atoms with Gasteiger partial charge >= 0.3 is 6.03 Å². The lowest BCUT2D eigenvalue weighted by Crippen LogP contribution is -2.36. The number of carbonyl (C=O) groups excluding carboxylic acids is 1. The molecule has 2 amide bonds. The molecule has 238 valence electrons. The fourth-order valence-electron chi connectivity index (χ4n) is 6.55. The predicted molar refractivity (Wildman–Crippen MR) is 175 cm³/mol. The molecule has 1 aliphatic carbocycles. The topological polar surface area (TPSA) is 122 Å². The lowest BCUT2D eigenvalue weighted by molar-refractivity contribution is 0.171. The van der Waals surface area contributed by atoms with Gasteiger partial charge in [-0.3, -0.25) is 14.6 Å². The molecule has 1 fully saturated rings. The van der Waals surface area contributed by atoms with Crippen molar-refractivity contribution in [3.8, 4) is 17.2 Å². The number of carbonyl (C=O) groups is 1. The minimum absolute atomic E-state index is 0.158. The number of phenolic OH excluding ortho intramolecular Hbond substituents is 1. The van der Waals surface area contributed by atoms with Gasteiger partial charge in [-0.2, -0.15) is 5.10 Å². The van der Waals surface area contributed by atoms with Crippen LogP contribution in [0, 0.1) is 0 Å². The SMILES string of the molecule is CN1CCCC1c1nnc2ccc(O[C@@H]3CC[C@H](NC(=O)Nc4cc(C(C)(C)C)nn4-c4ccc(O)cc4)c4ccccc43)cn12. The number of nitrogens with one attached hydrogen (secondary N) is 2. The molecular weight excluding hydrogens is 580 g/mol. The fourth-order valence-corrected chi connectivity index (χ4v) is 6.55. The van der Waals surface area contributed by atoms with Crippen LogP contribution in [0.25, 0.3) is 11.3 Å². The van der Waals surface area contributed by atoms with Crippen molar-refractivity contribution in [2.24, 2.45) is 0 Å². The third-order valence-corrected chi connectivity index (χ3v) is 9.05. The lowest BCUT2D eigenvalue weighted by Gasteiger charge is -2.32. The normalized spacial score (nSPS) is 20.0. The van der Waals surface area contributed by atoms with Crippen LogP contribution < -0.4 is 15.4 Å². The number of benzene rings is 2. The maximum absolute atomic E-state index is 13.5. The molecule has 2 aromatic carbocycles. The van der Waals surface area contributed by atoms with Gasteiger partial charge in [0, 0.05) is 11.5 Å². The molecule has 11 nitrogen and oxygen atoms in total. The summed E-state index contributed by atoms with van der Waals surface area (Å²) < 4.78 is 10.4. The molecule has 4 heterocycles. The van der Waals surface area contributed by atoms with Gasteiger partial charge in [0.15, 0.2) is 11.5 Å². The van der Waals surface area contributed by atoms with E-state index < -0.39 is 0 Å². The average Bonchev–Trinajstić information content (AvgIpc) is 3.77. The van der Waals surface area contributed by atoms with E-state index in [-0.39, 0.29) is 35.4 Å². The molecule has 2 aliphatic rings. The number of anilines is 1. The minimum atomic E-state index is -0.318. The number of ether oxygens (including phenoxy) is 1. The first kappa shape index (κ1) is 29.8. The van der Waals surface area contributed by atoms with Gasteiger partial charge in [0.05, 0.1) is 29.7 Å². The van der Waals surface area contributed by atoms with E-state index >= 15 is 0 Å². The second-order valence-corrected chi connectivity index (χ2v) is 13.3. The van der Waals surface area contributed by atoms with Crippen LogP contribution in [-0.2, 0) is 5.41 Å². The van der Waals surface area contributed by atoms with Crippen LogP contribution in [0.2, 0.25) is 0 Å². The van der Waals surface area contributed by atoms with Crippen molar-refractivity contribution >= 4 is 17.5 Å². The maximum atomic E-state index is 13.5. The molecule has 1 aliphatic heterocycles. The Morgan fingerprint density at radius 1 is 0.978 bits per heavy atom. The summed E-state index contributed by atoms with van der Waals surface area (Å²) >= 11 is 0. The van der Waals surface area contributed by atoms with E-state index in [4.69, 9.17) is 9.84 Å². The molecule has 3 aromatic heterocycles. The number of likely N-dealkylation sites (tertiary alicyclic amines) is 1. The number of pyridine rings is 1. The van der Waals surface area contributed by atoms with Crippen LogP contribution in [0.4, 0.5) is 10.6 Å². The highest BCUT2D eigenvalue weighted by molar-refractivity contribution is 5.89. The van der Waals surface area contributed by atoms with Crippen LogP contribution in [0.15, 0.2) is 72.9 Å². The number of nitrogens with zero attached hydrogens (tertiary/aromatic N) is 6. The minimum Gasteiger partial charge on any atom is -0.508 e. The van der Waals surface area contributed by atoms with Crippen molar-refractivity contribution in [1.29, 1.82) is 0 Å². The molecule has 5 aromatic rings. The van der Waals surface area contributed by atoms with Crippen molar-refractivity contribution < 1.29 is 14.6 Å². The second kappa shape index (κ2) is 11.8. The Morgan fingerprint density at radius 2 is 1.76 bits per heavy atom. The van der Waals surface area contributed by atoms with Gasteiger partial charge < -0.3 is 15.2 Å². The number of aromatic hydroxyl groups is 1. The quantitative estimate of drug-likeness (QED) is 0.199. The monoisotopic (exact) mass is 620 g/mol. The zero-order valence-corrected chi connectivity index (χ0v) is 26.6. The predicted octanol–water partition coefficient (Wildman–Crippen LogP) is 6.46. The van der Waals surface area contributed by atoms with Crippen molar-refractivity contribution in [2.75, 3.05) is 18.9 Å². The summed E-state index contributed by atoms with van der Waals surface area (Å²) in [4.78, 5) is 15.8. The smallest absolute Gasteiger partial charge is 0.320 e. The summed E-state index contributed by atoms with van der Waals surface area (Å²) in [5, 5.41) is 29.7. The van der Waals surface area contributed by atoms with Crippen molar-refractivity contribution in [3.05, 3.63) is 95.6 Å². The van der Waals surface area contributed by atoms with Crippen LogP contribution in [-0.4, -0.2) is 54.0 Å². The zero-order valence-electron chi connectivity index (χ0n) is 26.6. The molecule has 3 N–H and O–H groups in total. The molecule has 7 rings (SSSR count). The highest BCUT2D eigenvalue weighted by Crippen LogP contribution is 2.39. The zero-order chi connectivity index (χ0) is 32.0. The number of urea groups is 1. The Bertz CT molecular complexity index is 1870. The number of fused-ring (bicyclic) bond motifs is 2. The first-order chi connectivity index (χ1) is 22.1. The molecule has 11 heteroatoms. The second-order valence-electron chi connectivity index (χ2n) is 13.3. The first-order valence-corrected chi connectivity index (χ1v) is 15.9. The average molecular weight is 621 g/mol. The number of hydrogen-bond acceptors (Lipinski definition) is 7. The molecule has 0 spiro atoms. The van der Waals surface area contributed by atoms with Gasteiger partial charge in [-0.25, -0.2) is 9.48 Å². The van der Waals surface area contributed by atoms with Crippen LogP contribution in [0.1, 0.15) is 87.3 Å². The molecule has 46 heavy (non-hydrogen) atoms. The third-order valence-electron chi connectivity index (χ3n) is 9.05. The summed E-state index contributed by atoms with van der Waals surface area (Å²) in [7, 11) is 2.14. The molecule has 0 radical (unpaired) electrons. The lowest BCUT2D eigenvalue weighted by atomic mass is 9.85. The van der Waals surface area contributed by atoms with E-state index in [0.717, 1.165) is 65.5 Å². The van der Waals surface area contributed by atoms with Gasteiger partial charge in [0.1, 0.15) is 23.4 Å². The van der Waals surface area contributed by atoms with Gasteiger partial charge in [-0.1, -0.05) is 45.0 Å². The molecule has 0 bridgehead atoms. The van der Waals surface area contributed by atoms with Gasteiger partial charge in [0.25, 0.3) is 0 Å². The summed E-state index contributed by atoms with van der Waals surface area (Å²) in [5.74, 6) is 2.42. The third kappa shape index (κ3) is 5.78. The van der Waals surface area contributed by atoms with E-state index in [2.05, 4.69) is 70.1 Å². The van der Waals surface area contributed by atoms with E-state index in [0.29, 0.717) is 12.2 Å². The number of rotatable bonds is 6. The summed E-state index contributed by atoms with van der Waals surface area (Å²) in [6.07, 6.45) is 5.51. The van der Waals surface area contributed by atoms with Crippen molar-refractivity contribution in [3.63, 3.8) is 0 Å². The van der Waals surface area contributed by atoms with E-state index in [1.807, 2.05) is 36.5 Å². The van der Waals surface area contributed by atoms with E-state index in [9.17, 15) is 9.90 Å². The van der Waals surface area contributed by atoms with Gasteiger partial charge in [-0.05, 0) is 86.8 Å². The largest absolute Gasteiger partial charge is 0.508 e. The number of phenols is 1. The number of amides is 2. The Morgan fingerprint density at radius 3 is 2.50 bits per heavy atom. The standard InChI is InChI=1S/C35H40N8O3/c1-35(2,3)30-20-32(43(40-30)22-11-13-23(44)14-12-22)37-34(45)36-27-16-17-29(26-9-6-5-8-25(26)27)46-24-15-18-31-38-39-33(42(31)21-24)28-10-7-19-41(28)4/h5-6,8-9,11-15,18,20-21,27-29,44H,7,10,16-17,19H2,1-4H3,(H2,36,37,45)/t27-,28?,29+/m0/s1. The van der Waals surface area contributed by atoms with E-state index in [1.165, 1.54) is 0 Å². The Labute approximate surface area is 268 Å². The van der Waals surface area contributed by atoms with Crippen molar-refractivity contribution in [2.45, 2.75) is 70.1 Å². The number of aromatic nitrogens is 5. The molecule has 0 saturated carbocycles. The highest BCUT2D eigenvalue weighted by Gasteiger charge is 2.31. The maximum Gasteiger partial charge on any atom is 0.320 e. The molecular formula is C35H40N8O3. The Kier molecular flexibility index (Phi) is 7.64. The fraction of sp³-hybridized carbons (Fsp3) is 0.371. The molecule has 1 saturated heterocycles. The van der Waals surface area contributed by atoms with E-state index in [1.54, 1.807) is 28.9 Å². The molecule has 1 unspecified atom stereocenters. The summed E-state index contributed by atoms with van der Waals surface area (Å²) in [6, 6.07) is 20.4.